The monoisotopic (exact) mass is 193 g/mol. The van der Waals surface area contributed by atoms with Crippen LogP contribution in [-0.4, -0.2) is 24.8 Å². The quantitative estimate of drug-likeness (QED) is 0.628. The number of carbonyl (C=O) groups is 1. The van der Waals surface area contributed by atoms with Gasteiger partial charge in [-0.05, 0) is 32.4 Å². The highest BCUT2D eigenvalue weighted by atomic mass is 16.5. The number of hydrogen-bond donors (Lipinski definition) is 0. The second-order valence-electron chi connectivity index (χ2n) is 3.06. The molecule has 0 radical (unpaired) electrons. The minimum atomic E-state index is -0.303. The number of allylic oxidation sites excluding steroid dienone is 1. The van der Waals surface area contributed by atoms with E-state index >= 15 is 0 Å². The molecule has 0 aromatic heterocycles. The van der Waals surface area contributed by atoms with Crippen molar-refractivity contribution in [1.29, 1.82) is 0 Å². The number of aliphatic imine (C=N–C) groups is 1. The van der Waals surface area contributed by atoms with Crippen LogP contribution < -0.4 is 0 Å². The second kappa shape index (κ2) is 4.74. The lowest BCUT2D eigenvalue weighted by molar-refractivity contribution is -0.137. The van der Waals surface area contributed by atoms with E-state index < -0.39 is 0 Å². The minimum Gasteiger partial charge on any atom is -0.462 e. The van der Waals surface area contributed by atoms with Crippen LogP contribution in [0.15, 0.2) is 28.3 Å². The highest BCUT2D eigenvalue weighted by Crippen LogP contribution is 2.15. The summed E-state index contributed by atoms with van der Waals surface area (Å²) >= 11 is 0. The third-order valence-electron chi connectivity index (χ3n) is 2.09. The van der Waals surface area contributed by atoms with Gasteiger partial charge < -0.3 is 4.74 Å². The van der Waals surface area contributed by atoms with E-state index in [1.165, 1.54) is 0 Å². The summed E-state index contributed by atoms with van der Waals surface area (Å²) in [5.74, 6) is -0.303. The summed E-state index contributed by atoms with van der Waals surface area (Å²) in [4.78, 5) is 15.6. The van der Waals surface area contributed by atoms with Crippen molar-refractivity contribution in [1.82, 2.24) is 0 Å². The molecule has 14 heavy (non-hydrogen) atoms. The number of hydrogen-bond acceptors (Lipinski definition) is 3. The molecule has 3 nitrogen and oxygen atoms in total. The Morgan fingerprint density at radius 1 is 1.71 bits per heavy atom. The van der Waals surface area contributed by atoms with Crippen molar-refractivity contribution in [3.8, 4) is 0 Å². The van der Waals surface area contributed by atoms with E-state index in [2.05, 4.69) is 4.99 Å². The first kappa shape index (κ1) is 10.7. The standard InChI is InChI=1S/C11H15NO2/c1-4-9-6-10(7-12-8(9)3)11(13)14-5-2/h4,6-8H,5H2,1-3H3/b9-4-. The average Bonchev–Trinajstić information content (AvgIpc) is 2.19. The zero-order valence-corrected chi connectivity index (χ0v) is 8.78. The van der Waals surface area contributed by atoms with Gasteiger partial charge in [-0.1, -0.05) is 6.08 Å². The fraction of sp³-hybridized carbons (Fsp3) is 0.455. The Labute approximate surface area is 84.2 Å². The summed E-state index contributed by atoms with van der Waals surface area (Å²) in [5.41, 5.74) is 1.58. The topological polar surface area (TPSA) is 38.7 Å². The SMILES string of the molecule is C/C=C1/C=C(C(=O)OCC)C=NC1C. The van der Waals surface area contributed by atoms with Crippen molar-refractivity contribution >= 4 is 12.2 Å². The van der Waals surface area contributed by atoms with Crippen LogP contribution in [0.5, 0.6) is 0 Å². The first-order valence-electron chi connectivity index (χ1n) is 4.77. The van der Waals surface area contributed by atoms with Gasteiger partial charge in [0.05, 0.1) is 18.2 Å². The van der Waals surface area contributed by atoms with E-state index in [0.29, 0.717) is 12.2 Å². The molecule has 3 heteroatoms. The van der Waals surface area contributed by atoms with Crippen LogP contribution in [0.1, 0.15) is 20.8 Å². The summed E-state index contributed by atoms with van der Waals surface area (Å²) in [5, 5.41) is 0. The van der Waals surface area contributed by atoms with Gasteiger partial charge in [-0.15, -0.1) is 0 Å². The number of rotatable bonds is 2. The largest absolute Gasteiger partial charge is 0.462 e. The predicted molar refractivity (Wildman–Crippen MR) is 56.4 cm³/mol. The van der Waals surface area contributed by atoms with Gasteiger partial charge in [-0.2, -0.15) is 0 Å². The van der Waals surface area contributed by atoms with Gasteiger partial charge in [-0.25, -0.2) is 4.79 Å². The maximum absolute atomic E-state index is 11.4. The van der Waals surface area contributed by atoms with E-state index in [4.69, 9.17) is 4.74 Å². The molecule has 0 saturated heterocycles. The van der Waals surface area contributed by atoms with Gasteiger partial charge in [0, 0.05) is 6.21 Å². The Bertz CT molecular complexity index is 313. The third-order valence-corrected chi connectivity index (χ3v) is 2.09. The molecule has 0 fully saturated rings. The molecule has 0 saturated carbocycles. The highest BCUT2D eigenvalue weighted by Gasteiger charge is 2.15. The lowest BCUT2D eigenvalue weighted by atomic mass is 10.0. The highest BCUT2D eigenvalue weighted by molar-refractivity contribution is 6.10. The average molecular weight is 193 g/mol. The first-order valence-corrected chi connectivity index (χ1v) is 4.77. The van der Waals surface area contributed by atoms with Crippen molar-refractivity contribution in [3.63, 3.8) is 0 Å². The van der Waals surface area contributed by atoms with Crippen molar-refractivity contribution in [3.05, 3.63) is 23.3 Å². The predicted octanol–water partition coefficient (Wildman–Crippen LogP) is 1.90. The van der Waals surface area contributed by atoms with Crippen molar-refractivity contribution in [2.24, 2.45) is 4.99 Å². The smallest absolute Gasteiger partial charge is 0.339 e. The second-order valence-corrected chi connectivity index (χ2v) is 3.06. The Morgan fingerprint density at radius 2 is 2.43 bits per heavy atom. The van der Waals surface area contributed by atoms with Crippen molar-refractivity contribution in [2.75, 3.05) is 6.61 Å². The van der Waals surface area contributed by atoms with E-state index in [-0.39, 0.29) is 12.0 Å². The van der Waals surface area contributed by atoms with Crippen LogP contribution in [0.25, 0.3) is 0 Å². The van der Waals surface area contributed by atoms with Crippen LogP contribution in [0, 0.1) is 0 Å². The number of esters is 1. The van der Waals surface area contributed by atoms with Crippen LogP contribution in [0.4, 0.5) is 0 Å². The number of ether oxygens (including phenoxy) is 1. The summed E-state index contributed by atoms with van der Waals surface area (Å²) in [7, 11) is 0. The molecule has 1 aliphatic heterocycles. The molecule has 0 aliphatic carbocycles. The zero-order chi connectivity index (χ0) is 10.6. The lowest BCUT2D eigenvalue weighted by Gasteiger charge is -2.13. The molecule has 0 N–H and O–H groups in total. The normalized spacial score (nSPS) is 23.5. The molecule has 0 bridgehead atoms. The number of nitrogens with zero attached hydrogens (tertiary/aromatic N) is 1. The lowest BCUT2D eigenvalue weighted by Crippen LogP contribution is -2.15. The molecule has 1 aliphatic rings. The first-order chi connectivity index (χ1) is 6.69. The fourth-order valence-electron chi connectivity index (χ4n) is 1.27. The van der Waals surface area contributed by atoms with Gasteiger partial charge in [0.1, 0.15) is 0 Å². The molecule has 1 heterocycles. The molecular formula is C11H15NO2. The van der Waals surface area contributed by atoms with E-state index in [1.54, 1.807) is 13.1 Å². The molecule has 1 atom stereocenters. The molecule has 0 spiro atoms. The summed E-state index contributed by atoms with van der Waals surface area (Å²) in [6, 6.07) is 0.137. The molecule has 1 rings (SSSR count). The third kappa shape index (κ3) is 2.31. The van der Waals surface area contributed by atoms with E-state index in [9.17, 15) is 4.79 Å². The van der Waals surface area contributed by atoms with E-state index in [0.717, 1.165) is 5.57 Å². The van der Waals surface area contributed by atoms with Crippen molar-refractivity contribution < 1.29 is 9.53 Å². The van der Waals surface area contributed by atoms with Gasteiger partial charge in [-0.3, -0.25) is 4.99 Å². The van der Waals surface area contributed by atoms with Crippen LogP contribution in [0.2, 0.25) is 0 Å². The van der Waals surface area contributed by atoms with Gasteiger partial charge in [0.2, 0.25) is 0 Å². The number of carbonyl (C=O) groups excluding carboxylic acids is 1. The Kier molecular flexibility index (Phi) is 3.63. The summed E-state index contributed by atoms with van der Waals surface area (Å²) in [6.45, 7) is 6.11. The Morgan fingerprint density at radius 3 is 3.00 bits per heavy atom. The van der Waals surface area contributed by atoms with Crippen LogP contribution in [-0.2, 0) is 9.53 Å². The van der Waals surface area contributed by atoms with E-state index in [1.807, 2.05) is 26.0 Å². The molecule has 76 valence electrons. The van der Waals surface area contributed by atoms with Crippen LogP contribution >= 0.6 is 0 Å². The summed E-state index contributed by atoms with van der Waals surface area (Å²) < 4.78 is 4.88. The molecule has 0 amide bonds. The fourth-order valence-corrected chi connectivity index (χ4v) is 1.27. The zero-order valence-electron chi connectivity index (χ0n) is 8.78. The molecule has 1 unspecified atom stereocenters. The maximum Gasteiger partial charge on any atom is 0.339 e. The van der Waals surface area contributed by atoms with Gasteiger partial charge >= 0.3 is 5.97 Å². The molecular weight excluding hydrogens is 178 g/mol. The maximum atomic E-state index is 11.4. The molecule has 0 aromatic rings. The number of dihydropyridines is 1. The molecule has 0 aromatic carbocycles. The summed E-state index contributed by atoms with van der Waals surface area (Å²) in [6.07, 6.45) is 5.37. The van der Waals surface area contributed by atoms with Gasteiger partial charge in [0.25, 0.3) is 0 Å². The minimum absolute atomic E-state index is 0.137. The Hall–Kier alpha value is -1.38. The van der Waals surface area contributed by atoms with Gasteiger partial charge in [0.15, 0.2) is 0 Å². The Balaban J connectivity index is 2.82. The van der Waals surface area contributed by atoms with Crippen LogP contribution in [0.3, 0.4) is 0 Å². The van der Waals surface area contributed by atoms with Crippen molar-refractivity contribution in [2.45, 2.75) is 26.8 Å².